The normalized spacial score (nSPS) is 12.2. The second-order valence-corrected chi connectivity index (χ2v) is 10.8. The minimum atomic E-state index is -1.91. The quantitative estimate of drug-likeness (QED) is 0.169. The largest absolute Gasteiger partial charge is 0.494 e. The van der Waals surface area contributed by atoms with Gasteiger partial charge in [-0.3, -0.25) is 4.79 Å². The van der Waals surface area contributed by atoms with E-state index in [1.807, 2.05) is 24.3 Å². The van der Waals surface area contributed by atoms with Crippen molar-refractivity contribution >= 4 is 110 Å². The summed E-state index contributed by atoms with van der Waals surface area (Å²) in [5.41, 5.74) is 3.42. The number of ether oxygens (including phenoxy) is 1. The monoisotopic (exact) mass is 589 g/mol. The van der Waals surface area contributed by atoms with Crippen LogP contribution in [0.5, 0.6) is 5.75 Å². The molecule has 0 unspecified atom stereocenters. The number of amides is 1. The van der Waals surface area contributed by atoms with Gasteiger partial charge in [0.25, 0.3) is 0 Å². The van der Waals surface area contributed by atoms with E-state index in [-0.39, 0.29) is 19.0 Å². The number of aromatic nitrogens is 3. The number of anilines is 4. The molecule has 46 heavy (non-hydrogen) atoms. The van der Waals surface area contributed by atoms with Crippen LogP contribution in [0.1, 0.15) is 0 Å². The molecule has 210 valence electrons. The summed E-state index contributed by atoms with van der Waals surface area (Å²) in [7, 11) is 56.3. The molecular weight excluding hydrogens is 564 g/mol. The van der Waals surface area contributed by atoms with Gasteiger partial charge in [-0.1, -0.05) is 40.5 Å². The molecule has 4 rings (SSSR count). The topological polar surface area (TPSA) is 87.6 Å². The summed E-state index contributed by atoms with van der Waals surface area (Å²) >= 11 is 0. The zero-order valence-electron chi connectivity index (χ0n) is 25.6. The third-order valence-corrected chi connectivity index (χ3v) is 7.07. The highest BCUT2D eigenvalue weighted by atomic mass is 16.5. The molecule has 1 amide bonds. The fourth-order valence-electron chi connectivity index (χ4n) is 4.92. The van der Waals surface area contributed by atoms with Gasteiger partial charge >= 0.3 is 0 Å². The van der Waals surface area contributed by atoms with E-state index in [0.29, 0.717) is 28.5 Å². The van der Waals surface area contributed by atoms with Crippen LogP contribution in [-0.2, 0) is 10.0 Å². The maximum atomic E-state index is 12.4. The van der Waals surface area contributed by atoms with E-state index in [2.05, 4.69) is 22.2 Å². The van der Waals surface area contributed by atoms with E-state index in [4.69, 9.17) is 80.3 Å². The number of hydrogen-bond donors (Lipinski definition) is 2. The van der Waals surface area contributed by atoms with Crippen LogP contribution in [-0.4, -0.2) is 134 Å². The molecule has 0 saturated heterocycles. The summed E-state index contributed by atoms with van der Waals surface area (Å²) in [5, 5.41) is 1.37. The lowest BCUT2D eigenvalue weighted by Crippen LogP contribution is -2.64. The number of methoxy groups -OCH3 is 1. The predicted octanol–water partition coefficient (Wildman–Crippen LogP) is 0.0201. The van der Waals surface area contributed by atoms with Crippen molar-refractivity contribution in [1.29, 1.82) is 0 Å². The minimum Gasteiger partial charge on any atom is -0.494 e. The number of carbonyl (C=O) groups is 1. The maximum Gasteiger partial charge on any atom is 0.247 e. The van der Waals surface area contributed by atoms with Crippen molar-refractivity contribution in [1.82, 2.24) is 19.4 Å². The third-order valence-electron chi connectivity index (χ3n) is 7.07. The Bertz CT molecular complexity index is 1720. The predicted molar refractivity (Wildman–Crippen MR) is 193 cm³/mol. The van der Waals surface area contributed by atoms with Crippen LogP contribution in [0, 0.1) is 0 Å². The molecule has 0 fully saturated rings. The van der Waals surface area contributed by atoms with Crippen LogP contribution < -0.4 is 20.3 Å². The van der Waals surface area contributed by atoms with E-state index < -0.39 is 21.6 Å². The lowest BCUT2D eigenvalue weighted by Gasteiger charge is -2.49. The van der Waals surface area contributed by atoms with Crippen LogP contribution in [0.3, 0.4) is 0 Å². The molecule has 2 heterocycles. The van der Waals surface area contributed by atoms with Gasteiger partial charge in [0.15, 0.2) is 0 Å². The van der Waals surface area contributed by atoms with Gasteiger partial charge in [0.2, 0.25) is 11.9 Å². The van der Waals surface area contributed by atoms with Crippen molar-refractivity contribution in [3.8, 4) is 17.0 Å². The first-order valence-corrected chi connectivity index (χ1v) is 13.9. The lowest BCUT2D eigenvalue weighted by atomic mass is 9.40. The Morgan fingerprint density at radius 2 is 1.67 bits per heavy atom. The van der Waals surface area contributed by atoms with Crippen LogP contribution in [0.2, 0.25) is 0 Å². The van der Waals surface area contributed by atoms with Gasteiger partial charge in [-0.2, -0.15) is 0 Å². The number of likely N-dealkylation sites (N-methyl/N-ethyl adjacent to an activating group) is 1. The Morgan fingerprint density at radius 3 is 2.28 bits per heavy atom. The fraction of sp³-hybridized carbons (Fsp3) is 0.250. The summed E-state index contributed by atoms with van der Waals surface area (Å²) in [4.78, 5) is 24.4. The van der Waals surface area contributed by atoms with Crippen LogP contribution in [0.25, 0.3) is 22.2 Å². The van der Waals surface area contributed by atoms with Crippen molar-refractivity contribution < 1.29 is 9.53 Å². The molecule has 0 aliphatic rings. The Labute approximate surface area is 281 Å². The van der Waals surface area contributed by atoms with Crippen molar-refractivity contribution in [3.05, 3.63) is 67.5 Å². The summed E-state index contributed by atoms with van der Waals surface area (Å²) in [5.74, 6) is 0.185. The molecular formula is C28H24B9N7O2. The molecule has 0 aliphatic heterocycles. The molecule has 2 N–H and O–H groups in total. The second kappa shape index (κ2) is 13.5. The standard InChI is InChI=1S/C28H24B9N7O2/c1-4-24(45)39-19-13-20(23(46-3)14-22(19)42(2)11-12-44(27(32,33)34)28(35,36)37)41-25-38-10-9-18(40-25)17-15-43(26(29,30)31)21-8-6-5-7-16(17)21/h4-10,13-15H,1,11-12H2,2-3H3,(H,39,45)(H,38,40,41). The fourth-order valence-corrected chi connectivity index (χ4v) is 4.92. The Balaban J connectivity index is 1.71. The summed E-state index contributed by atoms with van der Waals surface area (Å²) in [6.07, 6.45) is 4.47. The Morgan fingerprint density at radius 1 is 1.00 bits per heavy atom. The molecule has 0 atom stereocenters. The van der Waals surface area contributed by atoms with E-state index in [1.165, 1.54) is 7.11 Å². The molecule has 4 aromatic rings. The number of hydrogen-bond acceptors (Lipinski definition) is 7. The third kappa shape index (κ3) is 7.95. The Hall–Kier alpha value is -3.79. The second-order valence-electron chi connectivity index (χ2n) is 10.8. The van der Waals surface area contributed by atoms with Gasteiger partial charge in [-0.05, 0) is 24.3 Å². The first kappa shape index (κ1) is 35.1. The van der Waals surface area contributed by atoms with Gasteiger partial charge in [-0.15, -0.1) is 0 Å². The van der Waals surface area contributed by atoms with E-state index in [9.17, 15) is 4.79 Å². The molecule has 9 nitrogen and oxygen atoms in total. The zero-order valence-corrected chi connectivity index (χ0v) is 25.6. The van der Waals surface area contributed by atoms with Crippen LogP contribution in [0.15, 0.2) is 67.5 Å². The lowest BCUT2D eigenvalue weighted by molar-refractivity contribution is -0.111. The summed E-state index contributed by atoms with van der Waals surface area (Å²) in [6, 6.07) is 12.6. The average Bonchev–Trinajstić information content (AvgIpc) is 3.36. The minimum absolute atomic E-state index is 0.0529. The molecule has 2 aromatic heterocycles. The molecule has 0 saturated carbocycles. The first-order chi connectivity index (χ1) is 21.4. The van der Waals surface area contributed by atoms with Crippen molar-refractivity contribution in [2.75, 3.05) is 42.8 Å². The van der Waals surface area contributed by atoms with Crippen LogP contribution in [0.4, 0.5) is 23.0 Å². The van der Waals surface area contributed by atoms with Gasteiger partial charge in [0.1, 0.15) is 5.75 Å². The van der Waals surface area contributed by atoms with Gasteiger partial charge in [-0.25, -0.2) is 9.97 Å². The highest BCUT2D eigenvalue weighted by molar-refractivity contribution is 6.63. The number of nitrogens with zero attached hydrogens (tertiary/aromatic N) is 5. The first-order valence-electron chi connectivity index (χ1n) is 13.9. The highest BCUT2D eigenvalue weighted by Crippen LogP contribution is 2.38. The Kier molecular flexibility index (Phi) is 10.3. The van der Waals surface area contributed by atoms with E-state index in [1.54, 1.807) is 47.1 Å². The number of benzene rings is 2. The summed E-state index contributed by atoms with van der Waals surface area (Å²) in [6.45, 7) is 3.82. The number of fused-ring (bicyclic) bond motifs is 1. The van der Waals surface area contributed by atoms with Gasteiger partial charge in [0, 0.05) is 55.1 Å². The molecule has 0 bridgehead atoms. The van der Waals surface area contributed by atoms with E-state index >= 15 is 0 Å². The van der Waals surface area contributed by atoms with Gasteiger partial charge in [0.05, 0.1) is 100 Å². The van der Waals surface area contributed by atoms with Crippen molar-refractivity contribution in [3.63, 3.8) is 0 Å². The van der Waals surface area contributed by atoms with Crippen molar-refractivity contribution in [2.45, 2.75) is 15.7 Å². The highest BCUT2D eigenvalue weighted by Gasteiger charge is 2.29. The number of carbonyl (C=O) groups excluding carboxylic acids is 1. The van der Waals surface area contributed by atoms with Crippen LogP contribution >= 0.6 is 0 Å². The zero-order chi connectivity index (χ0) is 34.0. The summed E-state index contributed by atoms with van der Waals surface area (Å²) < 4.78 is 7.26. The maximum absolute atomic E-state index is 12.4. The van der Waals surface area contributed by atoms with E-state index in [0.717, 1.165) is 27.4 Å². The SMILES string of the molecule is [B]C([B])([B])N(CCN(C)c1cc(OC)c(Nc2nccc(-c3cn(C([B])([B])[B])c4ccccc34)n2)cc1NC(=O)C=C)C([B])([B])[B]. The molecule has 18 radical (unpaired) electrons. The molecule has 0 spiro atoms. The van der Waals surface area contributed by atoms with Gasteiger partial charge < -0.3 is 29.7 Å². The number of para-hydroxylation sites is 1. The smallest absolute Gasteiger partial charge is 0.247 e. The van der Waals surface area contributed by atoms with Crippen molar-refractivity contribution in [2.24, 2.45) is 0 Å². The number of nitrogens with one attached hydrogen (secondary N) is 2. The molecule has 2 aromatic carbocycles. The number of rotatable bonds is 13. The molecule has 18 heteroatoms. The average molecular weight is 588 g/mol. The molecule has 0 aliphatic carbocycles.